The van der Waals surface area contributed by atoms with Crippen LogP contribution >= 0.6 is 12.4 Å². The number of benzene rings is 2. The Hall–Kier alpha value is -2.11. The smallest absolute Gasteiger partial charge is 0.227 e. The third-order valence-electron chi connectivity index (χ3n) is 4.40. The summed E-state index contributed by atoms with van der Waals surface area (Å²) in [5.41, 5.74) is 8.06. The van der Waals surface area contributed by atoms with Crippen LogP contribution in [0, 0.1) is 5.82 Å². The lowest BCUT2D eigenvalue weighted by Gasteiger charge is -2.26. The van der Waals surface area contributed by atoms with Gasteiger partial charge in [0.15, 0.2) is 0 Å². The summed E-state index contributed by atoms with van der Waals surface area (Å²) in [6, 6.07) is 13.7. The molecule has 1 fully saturated rings. The van der Waals surface area contributed by atoms with E-state index in [1.54, 1.807) is 23.1 Å². The van der Waals surface area contributed by atoms with Crippen LogP contribution < -0.4 is 5.73 Å². The molecule has 0 bridgehead atoms. The number of rotatable bonds is 6. The third kappa shape index (κ3) is 5.71. The van der Waals surface area contributed by atoms with E-state index in [0.717, 1.165) is 30.6 Å². The molecule has 26 heavy (non-hydrogen) atoms. The topological polar surface area (TPSA) is 55.6 Å². The van der Waals surface area contributed by atoms with E-state index >= 15 is 0 Å². The van der Waals surface area contributed by atoms with Gasteiger partial charge in [-0.25, -0.2) is 4.39 Å². The van der Waals surface area contributed by atoms with Crippen molar-refractivity contribution in [2.24, 2.45) is 0 Å². The molecule has 0 aliphatic carbocycles. The molecular formula is C20H24ClFN2O2. The van der Waals surface area contributed by atoms with Crippen LogP contribution in [0.25, 0.3) is 0 Å². The highest BCUT2D eigenvalue weighted by molar-refractivity contribution is 5.85. The average molecular weight is 379 g/mol. The highest BCUT2D eigenvalue weighted by atomic mass is 35.5. The van der Waals surface area contributed by atoms with Crippen molar-refractivity contribution in [3.05, 3.63) is 65.5 Å². The molecule has 1 heterocycles. The number of nitrogens with two attached hydrogens (primary N) is 1. The van der Waals surface area contributed by atoms with Gasteiger partial charge < -0.3 is 15.4 Å². The highest BCUT2D eigenvalue weighted by Gasteiger charge is 2.23. The lowest BCUT2D eigenvalue weighted by molar-refractivity contribution is -0.132. The van der Waals surface area contributed by atoms with Crippen molar-refractivity contribution >= 4 is 24.0 Å². The number of carbonyl (C=O) groups excluding carboxylic acids is 1. The molecule has 4 nitrogen and oxygen atoms in total. The van der Waals surface area contributed by atoms with Crippen LogP contribution in [0.5, 0.6) is 0 Å². The molecule has 1 saturated heterocycles. The van der Waals surface area contributed by atoms with Crippen molar-refractivity contribution in [3.8, 4) is 0 Å². The highest BCUT2D eigenvalue weighted by Crippen LogP contribution is 2.17. The van der Waals surface area contributed by atoms with Gasteiger partial charge in [-0.1, -0.05) is 24.3 Å². The van der Waals surface area contributed by atoms with Crippen molar-refractivity contribution in [2.75, 3.05) is 18.9 Å². The Morgan fingerprint density at radius 1 is 1.19 bits per heavy atom. The van der Waals surface area contributed by atoms with Crippen molar-refractivity contribution < 1.29 is 13.9 Å². The molecule has 1 amide bonds. The van der Waals surface area contributed by atoms with Crippen LogP contribution in [0.2, 0.25) is 0 Å². The van der Waals surface area contributed by atoms with Crippen molar-refractivity contribution in [1.29, 1.82) is 0 Å². The zero-order chi connectivity index (χ0) is 17.6. The number of halogens is 2. The van der Waals surface area contributed by atoms with E-state index in [0.29, 0.717) is 25.2 Å². The van der Waals surface area contributed by atoms with E-state index in [4.69, 9.17) is 10.5 Å². The van der Waals surface area contributed by atoms with Crippen molar-refractivity contribution in [3.63, 3.8) is 0 Å². The lowest BCUT2D eigenvalue weighted by atomic mass is 10.1. The predicted molar refractivity (Wildman–Crippen MR) is 103 cm³/mol. The van der Waals surface area contributed by atoms with Crippen LogP contribution in [-0.4, -0.2) is 30.1 Å². The number of hydrogen-bond donors (Lipinski definition) is 1. The van der Waals surface area contributed by atoms with Crippen LogP contribution in [0.15, 0.2) is 48.5 Å². The van der Waals surface area contributed by atoms with E-state index in [-0.39, 0.29) is 30.2 Å². The number of nitrogen functional groups attached to an aromatic ring is 1. The molecule has 0 aromatic heterocycles. The Morgan fingerprint density at radius 3 is 2.62 bits per heavy atom. The van der Waals surface area contributed by atoms with Crippen LogP contribution in [0.3, 0.4) is 0 Å². The molecule has 6 heteroatoms. The summed E-state index contributed by atoms with van der Waals surface area (Å²) in [6.45, 7) is 1.65. The van der Waals surface area contributed by atoms with Gasteiger partial charge in [0.2, 0.25) is 5.91 Å². The molecule has 1 atom stereocenters. The molecule has 3 rings (SSSR count). The molecule has 1 unspecified atom stereocenters. The molecule has 140 valence electrons. The standard InChI is InChI=1S/C20H23FN2O2.ClH/c21-17-4-1-3-16(11-17)13-23(14-19-5-2-10-25-19)20(24)12-15-6-8-18(22)9-7-15;/h1,3-4,6-9,11,19H,2,5,10,12-14,22H2;1H. The number of anilines is 1. The molecule has 0 saturated carbocycles. The van der Waals surface area contributed by atoms with Gasteiger partial charge in [0.25, 0.3) is 0 Å². The first-order valence-electron chi connectivity index (χ1n) is 8.58. The Bertz CT molecular complexity index is 718. The monoisotopic (exact) mass is 378 g/mol. The normalized spacial score (nSPS) is 16.1. The van der Waals surface area contributed by atoms with Crippen LogP contribution in [-0.2, 0) is 22.5 Å². The van der Waals surface area contributed by atoms with E-state index in [2.05, 4.69) is 0 Å². The van der Waals surface area contributed by atoms with Crippen LogP contribution in [0.1, 0.15) is 24.0 Å². The van der Waals surface area contributed by atoms with Gasteiger partial charge >= 0.3 is 0 Å². The number of hydrogen-bond acceptors (Lipinski definition) is 3. The molecule has 1 aliphatic heterocycles. The van der Waals surface area contributed by atoms with Crippen molar-refractivity contribution in [2.45, 2.75) is 31.9 Å². The first-order valence-corrected chi connectivity index (χ1v) is 8.58. The number of nitrogens with zero attached hydrogens (tertiary/aromatic N) is 1. The Morgan fingerprint density at radius 2 is 1.96 bits per heavy atom. The van der Waals surface area contributed by atoms with E-state index in [1.165, 1.54) is 12.1 Å². The summed E-state index contributed by atoms with van der Waals surface area (Å²) in [5, 5.41) is 0. The average Bonchev–Trinajstić information content (AvgIpc) is 3.09. The summed E-state index contributed by atoms with van der Waals surface area (Å²) < 4.78 is 19.1. The van der Waals surface area contributed by atoms with Gasteiger partial charge in [-0.15, -0.1) is 12.4 Å². The SMILES string of the molecule is Cl.Nc1ccc(CC(=O)N(Cc2cccc(F)c2)CC2CCCO2)cc1. The van der Waals surface area contributed by atoms with E-state index < -0.39 is 0 Å². The number of ether oxygens (including phenoxy) is 1. The predicted octanol–water partition coefficient (Wildman–Crippen LogP) is 3.58. The fourth-order valence-corrected chi connectivity index (χ4v) is 3.07. The van der Waals surface area contributed by atoms with Gasteiger partial charge in [-0.05, 0) is 48.2 Å². The first-order chi connectivity index (χ1) is 12.1. The second-order valence-electron chi connectivity index (χ2n) is 6.46. The molecule has 0 radical (unpaired) electrons. The summed E-state index contributed by atoms with van der Waals surface area (Å²) in [6.07, 6.45) is 2.32. The Balaban J connectivity index is 0.00000243. The minimum Gasteiger partial charge on any atom is -0.399 e. The van der Waals surface area contributed by atoms with E-state index in [1.807, 2.05) is 18.2 Å². The van der Waals surface area contributed by atoms with Gasteiger partial charge in [0, 0.05) is 25.4 Å². The van der Waals surface area contributed by atoms with Crippen molar-refractivity contribution in [1.82, 2.24) is 4.90 Å². The second kappa shape index (κ2) is 9.55. The van der Waals surface area contributed by atoms with Gasteiger partial charge in [0.05, 0.1) is 12.5 Å². The maximum atomic E-state index is 13.5. The molecule has 1 aliphatic rings. The maximum Gasteiger partial charge on any atom is 0.227 e. The third-order valence-corrected chi connectivity index (χ3v) is 4.40. The Kier molecular flexibility index (Phi) is 7.42. The van der Waals surface area contributed by atoms with Gasteiger partial charge in [-0.2, -0.15) is 0 Å². The number of carbonyl (C=O) groups is 1. The fourth-order valence-electron chi connectivity index (χ4n) is 3.07. The minimum atomic E-state index is -0.291. The van der Waals surface area contributed by atoms with Crippen LogP contribution in [0.4, 0.5) is 10.1 Å². The van der Waals surface area contributed by atoms with Gasteiger partial charge in [0.1, 0.15) is 5.82 Å². The molecule has 0 spiro atoms. The Labute approximate surface area is 159 Å². The second-order valence-corrected chi connectivity index (χ2v) is 6.46. The quantitative estimate of drug-likeness (QED) is 0.781. The maximum absolute atomic E-state index is 13.5. The molecular weight excluding hydrogens is 355 g/mol. The first kappa shape index (κ1) is 20.2. The number of amides is 1. The molecule has 2 N–H and O–H groups in total. The van der Waals surface area contributed by atoms with Gasteiger partial charge in [-0.3, -0.25) is 4.79 Å². The lowest BCUT2D eigenvalue weighted by Crippen LogP contribution is -2.37. The zero-order valence-electron chi connectivity index (χ0n) is 14.6. The summed E-state index contributed by atoms with van der Waals surface area (Å²) in [5.74, 6) is -0.287. The van der Waals surface area contributed by atoms with E-state index in [9.17, 15) is 9.18 Å². The fraction of sp³-hybridized carbons (Fsp3) is 0.350. The zero-order valence-corrected chi connectivity index (χ0v) is 15.4. The molecule has 2 aromatic rings. The largest absolute Gasteiger partial charge is 0.399 e. The summed E-state index contributed by atoms with van der Waals surface area (Å²) >= 11 is 0. The summed E-state index contributed by atoms with van der Waals surface area (Å²) in [7, 11) is 0. The summed E-state index contributed by atoms with van der Waals surface area (Å²) in [4.78, 5) is 14.6. The molecule has 2 aromatic carbocycles. The minimum absolute atomic E-state index is 0.